The number of carbonyl (C=O) groups excluding carboxylic acids is 2. The summed E-state index contributed by atoms with van der Waals surface area (Å²) in [4.78, 5) is 23.5. The summed E-state index contributed by atoms with van der Waals surface area (Å²) in [6.45, 7) is -0.205. The van der Waals surface area contributed by atoms with Crippen LogP contribution >= 0.6 is 0 Å². The van der Waals surface area contributed by atoms with Crippen molar-refractivity contribution in [1.82, 2.24) is 0 Å². The molecule has 0 fully saturated rings. The van der Waals surface area contributed by atoms with Gasteiger partial charge in [-0.2, -0.15) is 26.3 Å². The second-order valence-corrected chi connectivity index (χ2v) is 5.80. The summed E-state index contributed by atoms with van der Waals surface area (Å²) < 4.78 is 82.5. The van der Waals surface area contributed by atoms with E-state index in [0.29, 0.717) is 17.9 Å². The van der Waals surface area contributed by atoms with E-state index in [9.17, 15) is 35.9 Å². The number of ether oxygens (including phenoxy) is 1. The lowest BCUT2D eigenvalue weighted by Gasteiger charge is -2.19. The fourth-order valence-electron chi connectivity index (χ4n) is 2.45. The summed E-state index contributed by atoms with van der Waals surface area (Å²) >= 11 is 0. The second kappa shape index (κ2) is 6.73. The van der Waals surface area contributed by atoms with Crippen molar-refractivity contribution < 1.29 is 40.7 Å². The van der Waals surface area contributed by atoms with E-state index < -0.39 is 40.9 Å². The number of hydrogen-bond donors (Lipinski definition) is 2. The molecule has 28 heavy (non-hydrogen) atoms. The van der Waals surface area contributed by atoms with Crippen LogP contribution in [0.15, 0.2) is 36.4 Å². The fourth-order valence-corrected chi connectivity index (χ4v) is 2.45. The highest BCUT2D eigenvalue weighted by atomic mass is 19.4. The highest BCUT2D eigenvalue weighted by Crippen LogP contribution is 2.36. The summed E-state index contributed by atoms with van der Waals surface area (Å²) in [5, 5.41) is 4.66. The molecule has 1 heterocycles. The molecule has 0 aliphatic carbocycles. The van der Waals surface area contributed by atoms with Crippen molar-refractivity contribution in [3.8, 4) is 5.75 Å². The Morgan fingerprint density at radius 1 is 0.964 bits per heavy atom. The Morgan fingerprint density at radius 2 is 1.57 bits per heavy atom. The van der Waals surface area contributed by atoms with Gasteiger partial charge >= 0.3 is 12.4 Å². The molecule has 2 amide bonds. The fraction of sp³-hybridized carbons (Fsp3) is 0.176. The minimum absolute atomic E-state index is 0.0421. The van der Waals surface area contributed by atoms with Gasteiger partial charge in [0, 0.05) is 11.3 Å². The van der Waals surface area contributed by atoms with E-state index in [1.54, 1.807) is 0 Å². The number of nitrogens with one attached hydrogen (secondary N) is 2. The zero-order valence-electron chi connectivity index (χ0n) is 13.7. The molecule has 0 atom stereocenters. The summed E-state index contributed by atoms with van der Waals surface area (Å²) in [5.74, 6) is -1.33. The second-order valence-electron chi connectivity index (χ2n) is 5.80. The first-order valence-corrected chi connectivity index (χ1v) is 7.61. The summed E-state index contributed by atoms with van der Waals surface area (Å²) in [5.41, 5.74) is -3.77. The number of anilines is 2. The zero-order chi connectivity index (χ0) is 20.7. The predicted octanol–water partition coefficient (Wildman–Crippen LogP) is 4.31. The SMILES string of the molecule is O=C1COc2ccc(NC(=O)c3cc(C(F)(F)F)cc(C(F)(F)F)c3)cc2N1. The largest absolute Gasteiger partial charge is 0.482 e. The number of rotatable bonds is 2. The molecular weight excluding hydrogens is 394 g/mol. The number of hydrogen-bond acceptors (Lipinski definition) is 3. The molecule has 0 radical (unpaired) electrons. The number of alkyl halides is 6. The first-order chi connectivity index (χ1) is 12.9. The van der Waals surface area contributed by atoms with Crippen LogP contribution in [0.25, 0.3) is 0 Å². The first kappa shape index (κ1) is 19.5. The maximum Gasteiger partial charge on any atom is 0.416 e. The van der Waals surface area contributed by atoms with Crippen molar-refractivity contribution >= 4 is 23.2 Å². The molecule has 2 aromatic rings. The van der Waals surface area contributed by atoms with Crippen LogP contribution in [0.1, 0.15) is 21.5 Å². The quantitative estimate of drug-likeness (QED) is 0.734. The third-order valence-electron chi connectivity index (χ3n) is 3.72. The van der Waals surface area contributed by atoms with E-state index in [1.807, 2.05) is 0 Å². The van der Waals surface area contributed by atoms with E-state index in [2.05, 4.69) is 10.6 Å². The van der Waals surface area contributed by atoms with Crippen LogP contribution in [0, 0.1) is 0 Å². The van der Waals surface area contributed by atoms with E-state index in [4.69, 9.17) is 4.74 Å². The smallest absolute Gasteiger partial charge is 0.416 e. The van der Waals surface area contributed by atoms with Crippen LogP contribution in [-0.4, -0.2) is 18.4 Å². The normalized spacial score (nSPS) is 14.0. The van der Waals surface area contributed by atoms with Crippen molar-refractivity contribution in [2.75, 3.05) is 17.2 Å². The van der Waals surface area contributed by atoms with Crippen LogP contribution in [-0.2, 0) is 17.1 Å². The van der Waals surface area contributed by atoms with Gasteiger partial charge in [0.05, 0.1) is 16.8 Å². The average molecular weight is 404 g/mol. The molecule has 148 valence electrons. The Balaban J connectivity index is 1.92. The standard InChI is InChI=1S/C17H10F6N2O3/c18-16(19,20)9-3-8(4-10(5-9)17(21,22)23)15(27)24-11-1-2-13-12(6-11)25-14(26)7-28-13/h1-6H,7H2,(H,24,27)(H,25,26). The van der Waals surface area contributed by atoms with Crippen LogP contribution in [0.2, 0.25) is 0 Å². The van der Waals surface area contributed by atoms with Crippen molar-refractivity contribution in [3.63, 3.8) is 0 Å². The van der Waals surface area contributed by atoms with Gasteiger partial charge in [0.1, 0.15) is 5.75 Å². The van der Waals surface area contributed by atoms with Crippen LogP contribution in [0.5, 0.6) is 5.75 Å². The Morgan fingerprint density at radius 3 is 2.14 bits per heavy atom. The summed E-state index contributed by atoms with van der Waals surface area (Å²) in [6.07, 6.45) is -10.1. The molecule has 2 N–H and O–H groups in total. The topological polar surface area (TPSA) is 67.4 Å². The number of benzene rings is 2. The molecule has 2 aromatic carbocycles. The third-order valence-corrected chi connectivity index (χ3v) is 3.72. The molecule has 0 unspecified atom stereocenters. The molecule has 5 nitrogen and oxygen atoms in total. The van der Waals surface area contributed by atoms with Crippen molar-refractivity contribution in [2.24, 2.45) is 0 Å². The molecule has 11 heteroatoms. The van der Waals surface area contributed by atoms with Gasteiger partial charge in [0.15, 0.2) is 6.61 Å². The van der Waals surface area contributed by atoms with Crippen molar-refractivity contribution in [3.05, 3.63) is 53.1 Å². The minimum Gasteiger partial charge on any atom is -0.482 e. The third kappa shape index (κ3) is 4.18. The lowest BCUT2D eigenvalue weighted by molar-refractivity contribution is -0.143. The molecule has 1 aliphatic rings. The highest BCUT2D eigenvalue weighted by molar-refractivity contribution is 6.05. The van der Waals surface area contributed by atoms with Gasteiger partial charge in [0.2, 0.25) is 0 Å². The van der Waals surface area contributed by atoms with Gasteiger partial charge in [-0.25, -0.2) is 0 Å². The number of fused-ring (bicyclic) bond motifs is 1. The van der Waals surface area contributed by atoms with Gasteiger partial charge in [-0.05, 0) is 36.4 Å². The monoisotopic (exact) mass is 404 g/mol. The maximum absolute atomic E-state index is 12.9. The van der Waals surface area contributed by atoms with Crippen LogP contribution in [0.4, 0.5) is 37.7 Å². The van der Waals surface area contributed by atoms with Gasteiger partial charge in [-0.15, -0.1) is 0 Å². The van der Waals surface area contributed by atoms with E-state index in [-0.39, 0.29) is 24.0 Å². The average Bonchev–Trinajstić information content (AvgIpc) is 2.59. The van der Waals surface area contributed by atoms with Gasteiger partial charge in [-0.1, -0.05) is 0 Å². The van der Waals surface area contributed by atoms with E-state index in [1.165, 1.54) is 18.2 Å². The molecule has 3 rings (SSSR count). The number of carbonyl (C=O) groups is 2. The first-order valence-electron chi connectivity index (χ1n) is 7.61. The Labute approximate surface area is 153 Å². The van der Waals surface area contributed by atoms with Crippen molar-refractivity contribution in [1.29, 1.82) is 0 Å². The lowest BCUT2D eigenvalue weighted by atomic mass is 10.0. The Bertz CT molecular complexity index is 921. The summed E-state index contributed by atoms with van der Waals surface area (Å²) in [6, 6.07) is 4.57. The van der Waals surface area contributed by atoms with E-state index >= 15 is 0 Å². The molecule has 0 saturated carbocycles. The molecule has 0 saturated heterocycles. The molecule has 0 bridgehead atoms. The molecule has 1 aliphatic heterocycles. The van der Waals surface area contributed by atoms with Crippen molar-refractivity contribution in [2.45, 2.75) is 12.4 Å². The highest BCUT2D eigenvalue weighted by Gasteiger charge is 2.37. The number of halogens is 6. The van der Waals surface area contributed by atoms with E-state index in [0.717, 1.165) is 0 Å². The minimum atomic E-state index is -5.07. The zero-order valence-corrected chi connectivity index (χ0v) is 13.7. The lowest BCUT2D eigenvalue weighted by Crippen LogP contribution is -2.25. The predicted molar refractivity (Wildman–Crippen MR) is 85.0 cm³/mol. The Hall–Kier alpha value is -3.24. The molecule has 0 aromatic heterocycles. The number of amides is 2. The maximum atomic E-state index is 12.9. The van der Waals surface area contributed by atoms with Crippen LogP contribution in [0.3, 0.4) is 0 Å². The van der Waals surface area contributed by atoms with Gasteiger partial charge < -0.3 is 15.4 Å². The molecule has 0 spiro atoms. The van der Waals surface area contributed by atoms with Crippen LogP contribution < -0.4 is 15.4 Å². The Kier molecular flexibility index (Phi) is 4.69. The summed E-state index contributed by atoms with van der Waals surface area (Å²) in [7, 11) is 0. The molecular formula is C17H10F6N2O3. The van der Waals surface area contributed by atoms with Gasteiger partial charge in [0.25, 0.3) is 11.8 Å². The van der Waals surface area contributed by atoms with Gasteiger partial charge in [-0.3, -0.25) is 9.59 Å².